The molecule has 2 aliphatic heterocycles. The molecule has 0 unspecified atom stereocenters. The first-order chi connectivity index (χ1) is 14.2. The van der Waals surface area contributed by atoms with Crippen LogP contribution in [0.5, 0.6) is 5.88 Å². The number of hydrogen-bond acceptors (Lipinski definition) is 8. The third-order valence-corrected chi connectivity index (χ3v) is 5.82. The number of anilines is 2. The first kappa shape index (κ1) is 18.3. The zero-order chi connectivity index (χ0) is 19.8. The molecule has 2 saturated heterocycles. The summed E-state index contributed by atoms with van der Waals surface area (Å²) in [6.07, 6.45) is 4.55. The number of azo groups is 1. The fourth-order valence-corrected chi connectivity index (χ4v) is 4.20. The van der Waals surface area contributed by atoms with Gasteiger partial charge in [0.15, 0.2) is 5.69 Å². The number of aromatic nitrogens is 4. The smallest absolute Gasteiger partial charge is 0.275 e. The second kappa shape index (κ2) is 7.58. The van der Waals surface area contributed by atoms with Crippen LogP contribution in [0.4, 0.5) is 23.5 Å². The molecule has 2 aromatic heterocycles. The number of halogens is 1. The summed E-state index contributed by atoms with van der Waals surface area (Å²) in [5.74, 6) is 1.53. The van der Waals surface area contributed by atoms with Crippen molar-refractivity contribution in [3.05, 3.63) is 22.7 Å². The third-order valence-electron chi connectivity index (χ3n) is 5.33. The van der Waals surface area contributed by atoms with Gasteiger partial charge >= 0.3 is 0 Å². The maximum Gasteiger partial charge on any atom is 0.275 e. The molecule has 1 aromatic carbocycles. The Hall–Kier alpha value is -2.75. The van der Waals surface area contributed by atoms with Crippen LogP contribution in [0.25, 0.3) is 10.9 Å². The van der Waals surface area contributed by atoms with Crippen molar-refractivity contribution in [1.82, 2.24) is 19.9 Å². The molecule has 29 heavy (non-hydrogen) atoms. The lowest BCUT2D eigenvalue weighted by Crippen LogP contribution is -2.25. The summed E-state index contributed by atoms with van der Waals surface area (Å²) in [7, 11) is 0. The van der Waals surface area contributed by atoms with Crippen LogP contribution in [0.15, 0.2) is 32.9 Å². The molecule has 0 atom stereocenters. The maximum atomic E-state index is 10.3. The molecule has 2 N–H and O–H groups in total. The third kappa shape index (κ3) is 3.64. The van der Waals surface area contributed by atoms with E-state index in [1.165, 1.54) is 0 Å². The molecule has 0 amide bonds. The predicted molar refractivity (Wildman–Crippen MR) is 115 cm³/mol. The van der Waals surface area contributed by atoms with Crippen molar-refractivity contribution in [2.24, 2.45) is 10.2 Å². The maximum absolute atomic E-state index is 10.3. The standard InChI is InChI=1S/C19H21BrN8O/c20-12-5-6-14-13(11-12)15(16(29)21-14)25-26-17-22-18(27-7-1-2-8-27)24-19(23-17)28-9-3-4-10-28/h5-6,11,21,29H,1-4,7-10H2. The van der Waals surface area contributed by atoms with Crippen LogP contribution in [0.3, 0.4) is 0 Å². The number of nitrogens with one attached hydrogen (secondary N) is 1. The highest BCUT2D eigenvalue weighted by Crippen LogP contribution is 2.37. The number of rotatable bonds is 4. The summed E-state index contributed by atoms with van der Waals surface area (Å²) in [5, 5.41) is 19.6. The van der Waals surface area contributed by atoms with Gasteiger partial charge in [-0.25, -0.2) is 0 Å². The van der Waals surface area contributed by atoms with Gasteiger partial charge in [-0.05, 0) is 43.9 Å². The molecule has 3 aromatic rings. The number of H-pyrrole nitrogens is 1. The zero-order valence-corrected chi connectivity index (χ0v) is 17.4. The molecular weight excluding hydrogens is 436 g/mol. The minimum absolute atomic E-state index is 0.0320. The van der Waals surface area contributed by atoms with E-state index in [0.717, 1.165) is 67.2 Å². The van der Waals surface area contributed by atoms with E-state index in [4.69, 9.17) is 0 Å². The number of fused-ring (bicyclic) bond motifs is 1. The highest BCUT2D eigenvalue weighted by Gasteiger charge is 2.21. The molecule has 0 radical (unpaired) electrons. The van der Waals surface area contributed by atoms with Gasteiger partial charge in [-0.1, -0.05) is 15.9 Å². The second-order valence-electron chi connectivity index (χ2n) is 7.34. The quantitative estimate of drug-likeness (QED) is 0.562. The van der Waals surface area contributed by atoms with Crippen molar-refractivity contribution >= 4 is 50.4 Å². The first-order valence-electron chi connectivity index (χ1n) is 9.85. The van der Waals surface area contributed by atoms with E-state index in [1.807, 2.05) is 18.2 Å². The molecule has 150 valence electrons. The van der Waals surface area contributed by atoms with E-state index < -0.39 is 0 Å². The Bertz CT molecular complexity index is 1040. The Kier molecular flexibility index (Phi) is 4.78. The average Bonchev–Trinajstić information content (AvgIpc) is 3.47. The lowest BCUT2D eigenvalue weighted by molar-refractivity contribution is 0.459. The van der Waals surface area contributed by atoms with Gasteiger partial charge in [0.25, 0.3) is 5.95 Å². The van der Waals surface area contributed by atoms with Gasteiger partial charge in [-0.2, -0.15) is 15.0 Å². The van der Waals surface area contributed by atoms with Gasteiger partial charge in [0.2, 0.25) is 17.8 Å². The largest absolute Gasteiger partial charge is 0.493 e. The lowest BCUT2D eigenvalue weighted by atomic mass is 10.2. The number of hydrogen-bond donors (Lipinski definition) is 2. The van der Waals surface area contributed by atoms with Crippen molar-refractivity contribution in [3.8, 4) is 5.88 Å². The van der Waals surface area contributed by atoms with E-state index in [9.17, 15) is 5.11 Å². The minimum atomic E-state index is -0.0320. The topological polar surface area (TPSA) is 106 Å². The zero-order valence-electron chi connectivity index (χ0n) is 15.8. The van der Waals surface area contributed by atoms with Crippen molar-refractivity contribution in [2.45, 2.75) is 25.7 Å². The monoisotopic (exact) mass is 456 g/mol. The molecule has 4 heterocycles. The normalized spacial score (nSPS) is 17.3. The Labute approximate surface area is 176 Å². The van der Waals surface area contributed by atoms with Crippen LogP contribution < -0.4 is 9.80 Å². The first-order valence-corrected chi connectivity index (χ1v) is 10.6. The van der Waals surface area contributed by atoms with Crippen LogP contribution >= 0.6 is 15.9 Å². The average molecular weight is 457 g/mol. The van der Waals surface area contributed by atoms with Crippen LogP contribution in [0.1, 0.15) is 25.7 Å². The summed E-state index contributed by atoms with van der Waals surface area (Å²) in [6.45, 7) is 3.77. The second-order valence-corrected chi connectivity index (χ2v) is 8.25. The molecule has 0 bridgehead atoms. The highest BCUT2D eigenvalue weighted by atomic mass is 79.9. The number of aromatic hydroxyl groups is 1. The van der Waals surface area contributed by atoms with E-state index >= 15 is 0 Å². The van der Waals surface area contributed by atoms with Crippen molar-refractivity contribution in [3.63, 3.8) is 0 Å². The van der Waals surface area contributed by atoms with Gasteiger partial charge in [0.05, 0.1) is 5.52 Å². The van der Waals surface area contributed by atoms with Crippen molar-refractivity contribution in [2.75, 3.05) is 36.0 Å². The molecular formula is C19H21BrN8O. The SMILES string of the molecule is Oc1[nH]c2ccc(Br)cc2c1N=Nc1nc(N2CCCC2)nc(N2CCCC2)n1. The van der Waals surface area contributed by atoms with Crippen LogP contribution in [-0.4, -0.2) is 51.2 Å². The molecule has 0 spiro atoms. The van der Waals surface area contributed by atoms with Gasteiger partial charge < -0.3 is 19.9 Å². The molecule has 2 fully saturated rings. The molecule has 5 rings (SSSR count). The van der Waals surface area contributed by atoms with Gasteiger partial charge in [-0.15, -0.1) is 10.2 Å². The molecule has 0 saturated carbocycles. The highest BCUT2D eigenvalue weighted by molar-refractivity contribution is 9.10. The Morgan fingerprint density at radius 3 is 2.14 bits per heavy atom. The minimum Gasteiger partial charge on any atom is -0.493 e. The molecule has 10 heteroatoms. The summed E-state index contributed by atoms with van der Waals surface area (Å²) < 4.78 is 0.897. The molecule has 0 aliphatic carbocycles. The summed E-state index contributed by atoms with van der Waals surface area (Å²) in [5.41, 5.74) is 1.15. The van der Waals surface area contributed by atoms with E-state index in [-0.39, 0.29) is 11.8 Å². The Balaban J connectivity index is 1.53. The number of nitrogens with zero attached hydrogens (tertiary/aromatic N) is 7. The lowest BCUT2D eigenvalue weighted by Gasteiger charge is -2.19. The fourth-order valence-electron chi connectivity index (χ4n) is 3.84. The van der Waals surface area contributed by atoms with Crippen LogP contribution in [0.2, 0.25) is 0 Å². The fraction of sp³-hybridized carbons (Fsp3) is 0.421. The summed E-state index contributed by atoms with van der Waals surface area (Å²) in [4.78, 5) is 21.0. The summed E-state index contributed by atoms with van der Waals surface area (Å²) >= 11 is 3.45. The molecule has 9 nitrogen and oxygen atoms in total. The molecule has 2 aliphatic rings. The van der Waals surface area contributed by atoms with Crippen LogP contribution in [0, 0.1) is 0 Å². The number of benzene rings is 1. The van der Waals surface area contributed by atoms with Crippen molar-refractivity contribution in [1.29, 1.82) is 0 Å². The van der Waals surface area contributed by atoms with E-state index in [2.05, 4.69) is 55.9 Å². The van der Waals surface area contributed by atoms with E-state index in [1.54, 1.807) is 0 Å². The van der Waals surface area contributed by atoms with Gasteiger partial charge in [0, 0.05) is 36.0 Å². The summed E-state index contributed by atoms with van der Waals surface area (Å²) in [6, 6.07) is 5.66. The Morgan fingerprint density at radius 1 is 0.897 bits per heavy atom. The van der Waals surface area contributed by atoms with Crippen LogP contribution in [-0.2, 0) is 0 Å². The predicted octanol–water partition coefficient (Wildman–Crippen LogP) is 4.44. The Morgan fingerprint density at radius 2 is 1.52 bits per heavy atom. The van der Waals surface area contributed by atoms with Gasteiger partial charge in [-0.3, -0.25) is 0 Å². The van der Waals surface area contributed by atoms with E-state index in [0.29, 0.717) is 17.6 Å². The number of aromatic amines is 1. The van der Waals surface area contributed by atoms with Crippen molar-refractivity contribution < 1.29 is 5.11 Å². The van der Waals surface area contributed by atoms with Gasteiger partial charge in [0.1, 0.15) is 0 Å².